The van der Waals surface area contributed by atoms with Crippen LogP contribution in [0.3, 0.4) is 0 Å². The number of halogens is 1. The molecule has 2 N–H and O–H groups in total. The molecule has 0 spiro atoms. The lowest BCUT2D eigenvalue weighted by Gasteiger charge is -2.34. The molecule has 1 aromatic rings. The second-order valence-electron chi connectivity index (χ2n) is 6.91. The van der Waals surface area contributed by atoms with Gasteiger partial charge in [-0.25, -0.2) is 4.39 Å². The number of ether oxygens (including phenoxy) is 1. The normalized spacial score (nSPS) is 20.7. The van der Waals surface area contributed by atoms with Gasteiger partial charge in [0.15, 0.2) is 0 Å². The molecule has 3 heteroatoms. The number of benzene rings is 1. The minimum Gasteiger partial charge on any atom is -0.490 e. The molecule has 0 aliphatic heterocycles. The molecule has 1 aromatic carbocycles. The van der Waals surface area contributed by atoms with Gasteiger partial charge in [-0.15, -0.1) is 0 Å². The number of nitrogens with two attached hydrogens (primary N) is 1. The molecule has 20 heavy (non-hydrogen) atoms. The summed E-state index contributed by atoms with van der Waals surface area (Å²) in [5, 5.41) is 0. The van der Waals surface area contributed by atoms with Crippen molar-refractivity contribution in [1.29, 1.82) is 0 Å². The Morgan fingerprint density at radius 2 is 1.90 bits per heavy atom. The third-order valence-corrected chi connectivity index (χ3v) is 4.36. The van der Waals surface area contributed by atoms with Crippen molar-refractivity contribution < 1.29 is 9.13 Å². The van der Waals surface area contributed by atoms with Gasteiger partial charge in [-0.1, -0.05) is 13.8 Å². The molecule has 1 aliphatic carbocycles. The Morgan fingerprint density at radius 1 is 1.30 bits per heavy atom. The molecule has 1 aliphatic rings. The summed E-state index contributed by atoms with van der Waals surface area (Å²) in [5.41, 5.74) is 7.73. The fraction of sp³-hybridized carbons (Fsp3) is 0.647. The molecule has 2 nitrogen and oxygen atoms in total. The van der Waals surface area contributed by atoms with Crippen molar-refractivity contribution in [3.8, 4) is 5.75 Å². The van der Waals surface area contributed by atoms with Crippen LogP contribution in [0.5, 0.6) is 5.75 Å². The molecule has 0 unspecified atom stereocenters. The number of hydrogen-bond acceptors (Lipinski definition) is 2. The van der Waals surface area contributed by atoms with E-state index in [1.54, 1.807) is 13.0 Å². The lowest BCUT2D eigenvalue weighted by Crippen LogP contribution is -2.29. The average Bonchev–Trinajstić information content (AvgIpc) is 2.35. The van der Waals surface area contributed by atoms with E-state index in [0.29, 0.717) is 11.0 Å². The van der Waals surface area contributed by atoms with E-state index in [2.05, 4.69) is 13.8 Å². The van der Waals surface area contributed by atoms with Crippen LogP contribution in [-0.2, 0) is 0 Å². The van der Waals surface area contributed by atoms with E-state index in [-0.39, 0.29) is 18.0 Å². The van der Waals surface area contributed by atoms with Gasteiger partial charge in [0.1, 0.15) is 11.6 Å². The van der Waals surface area contributed by atoms with Gasteiger partial charge in [0.2, 0.25) is 0 Å². The molecule has 0 amide bonds. The zero-order valence-corrected chi connectivity index (χ0v) is 13.0. The van der Waals surface area contributed by atoms with Gasteiger partial charge in [-0.3, -0.25) is 0 Å². The van der Waals surface area contributed by atoms with Crippen LogP contribution in [0.4, 0.5) is 4.39 Å². The van der Waals surface area contributed by atoms with Gasteiger partial charge in [0, 0.05) is 11.6 Å². The Morgan fingerprint density at radius 3 is 2.45 bits per heavy atom. The third-order valence-electron chi connectivity index (χ3n) is 4.36. The molecule has 1 atom stereocenters. The molecule has 2 rings (SSSR count). The predicted molar refractivity (Wildman–Crippen MR) is 80.4 cm³/mol. The number of aryl methyl sites for hydroxylation is 1. The molecule has 1 fully saturated rings. The Balaban J connectivity index is 2.15. The Bertz CT molecular complexity index is 472. The first-order chi connectivity index (χ1) is 9.28. The quantitative estimate of drug-likeness (QED) is 0.884. The maximum atomic E-state index is 13.7. The summed E-state index contributed by atoms with van der Waals surface area (Å²) in [6.07, 6.45) is 4.69. The van der Waals surface area contributed by atoms with Crippen LogP contribution in [0.25, 0.3) is 0 Å². The van der Waals surface area contributed by atoms with Gasteiger partial charge in [0.05, 0.1) is 6.10 Å². The standard InChI is InChI=1S/C17H26FNO/c1-11-9-16(14(12(2)19)10-15(11)18)20-13-5-7-17(3,4)8-6-13/h9-10,12-13H,5-8,19H2,1-4H3/t12-/m1/s1. The van der Waals surface area contributed by atoms with Crippen LogP contribution in [-0.4, -0.2) is 6.10 Å². The van der Waals surface area contributed by atoms with E-state index < -0.39 is 0 Å². The van der Waals surface area contributed by atoms with Gasteiger partial charge in [-0.2, -0.15) is 0 Å². The first-order valence-electron chi connectivity index (χ1n) is 7.51. The Kier molecular flexibility index (Phi) is 4.38. The highest BCUT2D eigenvalue weighted by Crippen LogP contribution is 2.37. The molecule has 0 saturated heterocycles. The smallest absolute Gasteiger partial charge is 0.126 e. The van der Waals surface area contributed by atoms with Gasteiger partial charge >= 0.3 is 0 Å². The zero-order valence-electron chi connectivity index (χ0n) is 13.0. The second kappa shape index (κ2) is 5.72. The topological polar surface area (TPSA) is 35.2 Å². The van der Waals surface area contributed by atoms with Crippen LogP contribution in [0, 0.1) is 18.2 Å². The van der Waals surface area contributed by atoms with Gasteiger partial charge in [-0.05, 0) is 62.6 Å². The summed E-state index contributed by atoms with van der Waals surface area (Å²) in [6.45, 7) is 8.23. The highest BCUT2D eigenvalue weighted by Gasteiger charge is 2.28. The maximum Gasteiger partial charge on any atom is 0.126 e. The monoisotopic (exact) mass is 279 g/mol. The average molecular weight is 279 g/mol. The lowest BCUT2D eigenvalue weighted by molar-refractivity contribution is 0.0975. The summed E-state index contributed by atoms with van der Waals surface area (Å²) in [4.78, 5) is 0. The fourth-order valence-corrected chi connectivity index (χ4v) is 2.80. The van der Waals surface area contributed by atoms with E-state index in [4.69, 9.17) is 10.5 Å². The van der Waals surface area contributed by atoms with E-state index >= 15 is 0 Å². The lowest BCUT2D eigenvalue weighted by atomic mass is 9.76. The summed E-state index contributed by atoms with van der Waals surface area (Å²) in [6, 6.07) is 3.08. The number of hydrogen-bond donors (Lipinski definition) is 1. The molecular weight excluding hydrogens is 253 g/mol. The van der Waals surface area contributed by atoms with Crippen LogP contribution >= 0.6 is 0 Å². The predicted octanol–water partition coefficient (Wildman–Crippen LogP) is 4.50. The molecular formula is C17H26FNO. The van der Waals surface area contributed by atoms with Crippen molar-refractivity contribution in [3.05, 3.63) is 29.1 Å². The molecule has 0 aromatic heterocycles. The molecule has 0 radical (unpaired) electrons. The zero-order chi connectivity index (χ0) is 14.9. The van der Waals surface area contributed by atoms with Crippen LogP contribution in [0.15, 0.2) is 12.1 Å². The number of rotatable bonds is 3. The summed E-state index contributed by atoms with van der Waals surface area (Å²) >= 11 is 0. The third kappa shape index (κ3) is 3.51. The van der Waals surface area contributed by atoms with Crippen molar-refractivity contribution in [2.75, 3.05) is 0 Å². The van der Waals surface area contributed by atoms with E-state index in [9.17, 15) is 4.39 Å². The molecule has 112 valence electrons. The van der Waals surface area contributed by atoms with Crippen LogP contribution in [0.1, 0.15) is 63.6 Å². The SMILES string of the molecule is Cc1cc(OC2CCC(C)(C)CC2)c([C@@H](C)N)cc1F. The highest BCUT2D eigenvalue weighted by atomic mass is 19.1. The van der Waals surface area contributed by atoms with Crippen molar-refractivity contribution in [2.24, 2.45) is 11.1 Å². The van der Waals surface area contributed by atoms with E-state index in [1.807, 2.05) is 6.92 Å². The van der Waals surface area contributed by atoms with Crippen LogP contribution in [0.2, 0.25) is 0 Å². The Hall–Kier alpha value is -1.09. The molecule has 0 heterocycles. The van der Waals surface area contributed by atoms with Crippen LogP contribution < -0.4 is 10.5 Å². The summed E-state index contributed by atoms with van der Waals surface area (Å²) < 4.78 is 19.8. The summed E-state index contributed by atoms with van der Waals surface area (Å²) in [7, 11) is 0. The summed E-state index contributed by atoms with van der Waals surface area (Å²) in [5.74, 6) is 0.540. The minimum atomic E-state index is -0.222. The fourth-order valence-electron chi connectivity index (χ4n) is 2.80. The van der Waals surface area contributed by atoms with Crippen molar-refractivity contribution in [3.63, 3.8) is 0 Å². The van der Waals surface area contributed by atoms with Crippen molar-refractivity contribution in [2.45, 2.75) is 65.5 Å². The first kappa shape index (κ1) is 15.3. The second-order valence-corrected chi connectivity index (χ2v) is 6.91. The first-order valence-corrected chi connectivity index (χ1v) is 7.51. The van der Waals surface area contributed by atoms with Gasteiger partial charge in [0.25, 0.3) is 0 Å². The maximum absolute atomic E-state index is 13.7. The molecule has 1 saturated carbocycles. The molecule has 0 bridgehead atoms. The minimum absolute atomic E-state index is 0.213. The van der Waals surface area contributed by atoms with E-state index in [1.165, 1.54) is 18.9 Å². The van der Waals surface area contributed by atoms with Crippen molar-refractivity contribution >= 4 is 0 Å². The van der Waals surface area contributed by atoms with Crippen molar-refractivity contribution in [1.82, 2.24) is 0 Å². The van der Waals surface area contributed by atoms with E-state index in [0.717, 1.165) is 24.2 Å². The van der Waals surface area contributed by atoms with Gasteiger partial charge < -0.3 is 10.5 Å². The highest BCUT2D eigenvalue weighted by molar-refractivity contribution is 5.40. The largest absolute Gasteiger partial charge is 0.490 e. The Labute approximate surface area is 121 Å².